The first-order chi connectivity index (χ1) is 30.5. The van der Waals surface area contributed by atoms with Gasteiger partial charge in [0.05, 0.1) is 23.2 Å². The van der Waals surface area contributed by atoms with Crippen molar-refractivity contribution in [2.24, 2.45) is 11.8 Å². The van der Waals surface area contributed by atoms with Gasteiger partial charge in [-0.2, -0.15) is 0 Å². The summed E-state index contributed by atoms with van der Waals surface area (Å²) in [5, 5.41) is 10.2. The molecular weight excluding hydrogens is 931 g/mol. The van der Waals surface area contributed by atoms with E-state index < -0.39 is 20.0 Å². The zero-order valence-electron chi connectivity index (χ0n) is 35.2. The summed E-state index contributed by atoms with van der Waals surface area (Å²) < 4.78 is 54.1. The molecule has 11 nitrogen and oxygen atoms in total. The summed E-state index contributed by atoms with van der Waals surface area (Å²) >= 11 is 7.41. The average molecular weight is 992 g/mol. The zero-order valence-corrected chi connectivity index (χ0v) is 40.1. The molecule has 0 bridgehead atoms. The van der Waals surface area contributed by atoms with E-state index in [0.29, 0.717) is 42.5 Å². The molecule has 4 aliphatic rings. The highest BCUT2D eigenvalue weighted by molar-refractivity contribution is 7.99. The monoisotopic (exact) mass is 991 g/mol. The fourth-order valence-electron chi connectivity index (χ4n) is 8.91. The van der Waals surface area contributed by atoms with Gasteiger partial charge in [0.25, 0.3) is 0 Å². The molecule has 2 saturated carbocycles. The maximum absolute atomic E-state index is 13.0. The van der Waals surface area contributed by atoms with Gasteiger partial charge in [0, 0.05) is 78.9 Å². The third kappa shape index (κ3) is 12.3. The lowest BCUT2D eigenvalue weighted by Crippen LogP contribution is -2.34. The van der Waals surface area contributed by atoms with Crippen molar-refractivity contribution in [1.29, 1.82) is 0 Å². The van der Waals surface area contributed by atoms with Crippen molar-refractivity contribution < 1.29 is 16.8 Å². The van der Waals surface area contributed by atoms with Gasteiger partial charge in [-0.1, -0.05) is 69.5 Å². The Morgan fingerprint density at radius 1 is 0.600 bits per heavy atom. The van der Waals surface area contributed by atoms with E-state index in [2.05, 4.69) is 73.6 Å². The Labute approximate surface area is 402 Å². The summed E-state index contributed by atoms with van der Waals surface area (Å²) in [4.78, 5) is 19.9. The van der Waals surface area contributed by atoms with E-state index in [0.717, 1.165) is 103 Å². The molecule has 5 heterocycles. The van der Waals surface area contributed by atoms with Crippen molar-refractivity contribution in [2.75, 3.05) is 41.5 Å². The number of thioether (sulfide) groups is 2. The van der Waals surface area contributed by atoms with Crippen LogP contribution in [0.4, 0.5) is 10.3 Å². The number of benzene rings is 3. The van der Waals surface area contributed by atoms with Crippen LogP contribution in [0, 0.1) is 11.8 Å². The molecule has 6 aromatic rings. The minimum Gasteiger partial charge on any atom is -0.359 e. The van der Waals surface area contributed by atoms with E-state index >= 15 is 0 Å². The van der Waals surface area contributed by atoms with E-state index in [1.54, 1.807) is 41.0 Å². The molecule has 0 amide bonds. The highest BCUT2D eigenvalue weighted by Crippen LogP contribution is 2.43. The fraction of sp³-hybridized carbons (Fsp3) is 0.438. The number of aromatic nitrogens is 3. The Bertz CT molecular complexity index is 2760. The number of aryl methyl sites for hydroxylation is 2. The third-order valence-electron chi connectivity index (χ3n) is 12.3. The van der Waals surface area contributed by atoms with Crippen LogP contribution in [-0.4, -0.2) is 74.7 Å². The Balaban J connectivity index is 0.000000196. The second-order valence-electron chi connectivity index (χ2n) is 16.8. The predicted molar refractivity (Wildman–Crippen MR) is 276 cm³/mol. The number of nitrogens with one attached hydrogen (secondary N) is 4. The molecule has 2 aliphatic heterocycles. The maximum Gasteiger partial charge on any atom is 0.242 e. The van der Waals surface area contributed by atoms with Gasteiger partial charge in [-0.3, -0.25) is 4.98 Å². The molecule has 10 rings (SSSR count). The number of anilines is 2. The SMILES string of the molecule is C.C.CS(=O)(=O)NCC1CCC(Nc2nc3c(s2)CCSc2ccccc2-3)CC1.O=S(=O)(NCC1CCC(Nc2nc3c(s2)CCSc2ccccc2-3)CC1)c1cccc2cccnc12. The van der Waals surface area contributed by atoms with Crippen LogP contribution in [0.2, 0.25) is 0 Å². The molecule has 3 aromatic carbocycles. The van der Waals surface area contributed by atoms with E-state index in [1.165, 1.54) is 36.9 Å². The number of thiazole rings is 2. The summed E-state index contributed by atoms with van der Waals surface area (Å²) in [5.74, 6) is 2.96. The van der Waals surface area contributed by atoms with Gasteiger partial charge in [0.2, 0.25) is 20.0 Å². The van der Waals surface area contributed by atoms with Crippen molar-refractivity contribution in [3.8, 4) is 22.5 Å². The molecule has 0 unspecified atom stereocenters. The van der Waals surface area contributed by atoms with E-state index in [9.17, 15) is 16.8 Å². The van der Waals surface area contributed by atoms with Crippen molar-refractivity contribution >= 4 is 87.4 Å². The van der Waals surface area contributed by atoms with Crippen LogP contribution in [0.15, 0.2) is 99.7 Å². The number of pyridine rings is 1. The lowest BCUT2D eigenvalue weighted by atomic mass is 9.86. The van der Waals surface area contributed by atoms with Gasteiger partial charge in [-0.15, -0.1) is 46.2 Å². The second kappa shape index (κ2) is 22.0. The van der Waals surface area contributed by atoms with Gasteiger partial charge in [-0.05, 0) is 100 Å². The van der Waals surface area contributed by atoms with Crippen molar-refractivity contribution in [1.82, 2.24) is 24.4 Å². The first-order valence-electron chi connectivity index (χ1n) is 21.8. The molecule has 65 heavy (non-hydrogen) atoms. The quantitative estimate of drug-likeness (QED) is 0.0980. The van der Waals surface area contributed by atoms with Crippen LogP contribution in [0.5, 0.6) is 0 Å². The van der Waals surface area contributed by atoms with Crippen LogP contribution >= 0.6 is 46.2 Å². The fourth-order valence-corrected chi connectivity index (χ4v) is 15.1. The highest BCUT2D eigenvalue weighted by atomic mass is 32.2. The van der Waals surface area contributed by atoms with Crippen LogP contribution in [0.3, 0.4) is 0 Å². The van der Waals surface area contributed by atoms with Crippen LogP contribution in [0.1, 0.15) is 76.0 Å². The van der Waals surface area contributed by atoms with E-state index in [4.69, 9.17) is 9.97 Å². The Morgan fingerprint density at radius 2 is 1.09 bits per heavy atom. The van der Waals surface area contributed by atoms with Gasteiger partial charge >= 0.3 is 0 Å². The van der Waals surface area contributed by atoms with Gasteiger partial charge in [-0.25, -0.2) is 36.2 Å². The molecule has 2 fully saturated rings. The highest BCUT2D eigenvalue weighted by Gasteiger charge is 2.28. The summed E-state index contributed by atoms with van der Waals surface area (Å²) in [5.41, 5.74) is 5.30. The number of hydrogen-bond donors (Lipinski definition) is 4. The Hall–Kier alpha value is -3.55. The lowest BCUT2D eigenvalue weighted by Gasteiger charge is -2.29. The Morgan fingerprint density at radius 3 is 1.62 bits per heavy atom. The minimum absolute atomic E-state index is 0. The number of hydrogen-bond acceptors (Lipinski definition) is 13. The summed E-state index contributed by atoms with van der Waals surface area (Å²) in [6, 6.07) is 26.9. The van der Waals surface area contributed by atoms with Crippen LogP contribution in [-0.2, 0) is 32.9 Å². The number of sulfonamides is 2. The van der Waals surface area contributed by atoms with Gasteiger partial charge < -0.3 is 10.6 Å². The largest absolute Gasteiger partial charge is 0.359 e. The molecule has 348 valence electrons. The molecule has 0 radical (unpaired) electrons. The predicted octanol–water partition coefficient (Wildman–Crippen LogP) is 11.2. The molecule has 0 saturated heterocycles. The zero-order chi connectivity index (χ0) is 43.4. The van der Waals surface area contributed by atoms with Gasteiger partial charge in [0.15, 0.2) is 10.3 Å². The first-order valence-corrected chi connectivity index (χ1v) is 28.8. The van der Waals surface area contributed by atoms with Crippen LogP contribution in [0.25, 0.3) is 33.4 Å². The number of nitrogens with zero attached hydrogens (tertiary/aromatic N) is 3. The number of rotatable bonds is 11. The molecule has 0 atom stereocenters. The third-order valence-corrected chi connectivity index (χ3v) is 18.7. The minimum atomic E-state index is -3.62. The standard InChI is InChI=1S/C27H28N4O2S3.C19H25N3O2S3.2CH4/c32-36(33,24-9-3-5-19-6-4-15-28-25(19)24)29-17-18-10-12-20(13-11-18)30-27-31-26-21-7-1-2-8-22(21)34-16-14-23(26)35-27;1-27(23,24)20-12-13-6-8-14(9-7-13)21-19-22-18-15-4-2-3-5-16(15)25-11-10-17(18)26-19;;/h1-9,15,18,20,29H,10-14,16-17H2,(H,30,31);2-5,13-14,20H,6-12H2,1H3,(H,21,22);2*1H4. The van der Waals surface area contributed by atoms with Crippen molar-refractivity contribution in [2.45, 2.75) is 106 Å². The number of para-hydroxylation sites is 1. The number of fused-ring (bicyclic) bond motifs is 7. The maximum atomic E-state index is 13.0. The van der Waals surface area contributed by atoms with E-state index in [1.807, 2.05) is 41.7 Å². The summed E-state index contributed by atoms with van der Waals surface area (Å²) in [6.45, 7) is 1.02. The topological polar surface area (TPSA) is 155 Å². The first kappa shape index (κ1) is 49.4. The molecule has 4 N–H and O–H groups in total. The average Bonchev–Trinajstić information content (AvgIpc) is 3.78. The van der Waals surface area contributed by atoms with E-state index in [-0.39, 0.29) is 19.7 Å². The molecule has 2 aliphatic carbocycles. The van der Waals surface area contributed by atoms with Crippen LogP contribution < -0.4 is 20.1 Å². The normalized spacial score (nSPS) is 20.4. The molecular formula is C48H61N7O4S6. The lowest BCUT2D eigenvalue weighted by molar-refractivity contribution is 0.337. The Kier molecular flexibility index (Phi) is 16.7. The van der Waals surface area contributed by atoms with Crippen molar-refractivity contribution in [3.63, 3.8) is 0 Å². The molecule has 3 aromatic heterocycles. The smallest absolute Gasteiger partial charge is 0.242 e. The second-order valence-corrected chi connectivity index (χ2v) is 24.8. The summed E-state index contributed by atoms with van der Waals surface area (Å²) in [7, 11) is -6.71. The molecule has 17 heteroatoms. The van der Waals surface area contributed by atoms with Crippen molar-refractivity contribution in [3.05, 3.63) is 94.8 Å². The molecule has 0 spiro atoms. The van der Waals surface area contributed by atoms with Gasteiger partial charge in [0.1, 0.15) is 4.90 Å². The summed E-state index contributed by atoms with van der Waals surface area (Å²) in [6.07, 6.45) is 13.2.